The normalized spacial score (nSPS) is 12.7. The number of hydrogen-bond donors (Lipinski definition) is 2. The minimum atomic E-state index is -0.925. The Labute approximate surface area is 206 Å². The van der Waals surface area contributed by atoms with Gasteiger partial charge in [0.15, 0.2) is 0 Å². The lowest BCUT2D eigenvalue weighted by Gasteiger charge is -2.20. The number of carbonyl (C=O) groups is 4. The molecule has 0 aliphatic heterocycles. The number of amides is 2. The van der Waals surface area contributed by atoms with Gasteiger partial charge in [0.1, 0.15) is 11.6 Å². The van der Waals surface area contributed by atoms with E-state index in [1.54, 1.807) is 45.0 Å². The molecule has 2 aromatic rings. The Balaban J connectivity index is 1.90. The SMILES string of the molecule is COC(=O)[C@@H](Cc1ccc(C(=O)OC(C)(C)C)cc1)NC(=O)CCC(=O)N[C@H](C)c1ccccc1. The molecule has 2 atom stereocenters. The van der Waals surface area contributed by atoms with Crippen LogP contribution >= 0.6 is 0 Å². The minimum Gasteiger partial charge on any atom is -0.467 e. The van der Waals surface area contributed by atoms with Gasteiger partial charge < -0.3 is 20.1 Å². The highest BCUT2D eigenvalue weighted by Gasteiger charge is 2.23. The van der Waals surface area contributed by atoms with Crippen molar-refractivity contribution in [2.24, 2.45) is 0 Å². The van der Waals surface area contributed by atoms with Gasteiger partial charge in [-0.3, -0.25) is 9.59 Å². The first kappa shape index (κ1) is 27.6. The summed E-state index contributed by atoms with van der Waals surface area (Å²) in [6.45, 7) is 7.23. The van der Waals surface area contributed by atoms with Crippen LogP contribution in [0.4, 0.5) is 0 Å². The van der Waals surface area contributed by atoms with Crippen molar-refractivity contribution in [1.29, 1.82) is 0 Å². The summed E-state index contributed by atoms with van der Waals surface area (Å²) in [5, 5.41) is 5.50. The first-order valence-electron chi connectivity index (χ1n) is 11.5. The van der Waals surface area contributed by atoms with Crippen molar-refractivity contribution in [1.82, 2.24) is 10.6 Å². The standard InChI is InChI=1S/C27H34N2O6/c1-18(20-9-7-6-8-10-20)28-23(30)15-16-24(31)29-22(26(33)34-5)17-19-11-13-21(14-12-19)25(32)35-27(2,3)4/h6-14,18,22H,15-17H2,1-5H3,(H,28,30)(H,29,31)/t18-,22-/m1/s1. The van der Waals surface area contributed by atoms with Gasteiger partial charge >= 0.3 is 11.9 Å². The van der Waals surface area contributed by atoms with E-state index >= 15 is 0 Å². The molecule has 0 spiro atoms. The lowest BCUT2D eigenvalue weighted by Crippen LogP contribution is -2.43. The molecule has 0 aliphatic carbocycles. The summed E-state index contributed by atoms with van der Waals surface area (Å²) in [5.74, 6) is -1.74. The molecule has 0 heterocycles. The van der Waals surface area contributed by atoms with Gasteiger partial charge in [0, 0.05) is 19.3 Å². The Morgan fingerprint density at radius 1 is 0.857 bits per heavy atom. The van der Waals surface area contributed by atoms with Crippen LogP contribution in [0.15, 0.2) is 54.6 Å². The largest absolute Gasteiger partial charge is 0.467 e. The fourth-order valence-electron chi connectivity index (χ4n) is 3.32. The van der Waals surface area contributed by atoms with Crippen LogP contribution in [0, 0.1) is 0 Å². The molecule has 2 rings (SSSR count). The summed E-state index contributed by atoms with van der Waals surface area (Å²) in [4.78, 5) is 49.1. The molecule has 188 valence electrons. The molecule has 0 unspecified atom stereocenters. The first-order chi connectivity index (χ1) is 16.5. The topological polar surface area (TPSA) is 111 Å². The average Bonchev–Trinajstić information content (AvgIpc) is 2.81. The molecule has 0 saturated heterocycles. The molecule has 8 heteroatoms. The van der Waals surface area contributed by atoms with Gasteiger partial charge in [-0.15, -0.1) is 0 Å². The molecule has 0 aromatic heterocycles. The van der Waals surface area contributed by atoms with E-state index in [-0.39, 0.29) is 31.2 Å². The van der Waals surface area contributed by atoms with Crippen LogP contribution in [-0.4, -0.2) is 42.5 Å². The monoisotopic (exact) mass is 482 g/mol. The minimum absolute atomic E-state index is 0.0124. The molecular formula is C27H34N2O6. The Morgan fingerprint density at radius 3 is 1.97 bits per heavy atom. The summed E-state index contributed by atoms with van der Waals surface area (Å²) in [5.41, 5.74) is 1.47. The van der Waals surface area contributed by atoms with Crippen molar-refractivity contribution < 1.29 is 28.7 Å². The molecule has 0 saturated carbocycles. The van der Waals surface area contributed by atoms with E-state index in [9.17, 15) is 19.2 Å². The third-order valence-electron chi connectivity index (χ3n) is 5.11. The van der Waals surface area contributed by atoms with Gasteiger partial charge in [0.05, 0.1) is 18.7 Å². The van der Waals surface area contributed by atoms with Crippen molar-refractivity contribution in [3.8, 4) is 0 Å². The molecule has 2 aromatic carbocycles. The molecule has 0 radical (unpaired) electrons. The maximum atomic E-state index is 12.4. The quantitative estimate of drug-likeness (QED) is 0.502. The van der Waals surface area contributed by atoms with Crippen LogP contribution in [0.3, 0.4) is 0 Å². The fourth-order valence-corrected chi connectivity index (χ4v) is 3.32. The van der Waals surface area contributed by atoms with Crippen molar-refractivity contribution in [3.63, 3.8) is 0 Å². The summed E-state index contributed by atoms with van der Waals surface area (Å²) in [7, 11) is 1.24. The zero-order chi connectivity index (χ0) is 26.0. The van der Waals surface area contributed by atoms with Crippen molar-refractivity contribution in [2.45, 2.75) is 64.6 Å². The highest BCUT2D eigenvalue weighted by molar-refractivity contribution is 5.90. The Bertz CT molecular complexity index is 1010. The number of rotatable bonds is 10. The number of benzene rings is 2. The number of nitrogens with one attached hydrogen (secondary N) is 2. The summed E-state index contributed by atoms with van der Waals surface area (Å²) in [6, 6.07) is 15.0. The van der Waals surface area contributed by atoms with Gasteiger partial charge in [-0.2, -0.15) is 0 Å². The van der Waals surface area contributed by atoms with Crippen molar-refractivity contribution in [3.05, 3.63) is 71.3 Å². The number of esters is 2. The molecular weight excluding hydrogens is 448 g/mol. The Kier molecular flexibility index (Phi) is 9.99. The third-order valence-corrected chi connectivity index (χ3v) is 5.11. The second-order valence-electron chi connectivity index (χ2n) is 9.25. The van der Waals surface area contributed by atoms with Crippen LogP contribution < -0.4 is 10.6 Å². The second kappa shape index (κ2) is 12.7. The van der Waals surface area contributed by atoms with Crippen molar-refractivity contribution >= 4 is 23.8 Å². The summed E-state index contributed by atoms with van der Waals surface area (Å²) < 4.78 is 10.2. The van der Waals surface area contributed by atoms with Crippen LogP contribution in [0.25, 0.3) is 0 Å². The zero-order valence-electron chi connectivity index (χ0n) is 20.9. The van der Waals surface area contributed by atoms with Gasteiger partial charge in [-0.25, -0.2) is 9.59 Å². The van der Waals surface area contributed by atoms with E-state index in [1.807, 2.05) is 37.3 Å². The van der Waals surface area contributed by atoms with Gasteiger partial charge in [-0.1, -0.05) is 42.5 Å². The number of carbonyl (C=O) groups excluding carboxylic acids is 4. The third kappa shape index (κ3) is 9.60. The van der Waals surface area contributed by atoms with E-state index in [0.717, 1.165) is 11.1 Å². The number of ether oxygens (including phenoxy) is 2. The highest BCUT2D eigenvalue weighted by atomic mass is 16.6. The molecule has 2 amide bonds. The highest BCUT2D eigenvalue weighted by Crippen LogP contribution is 2.14. The van der Waals surface area contributed by atoms with E-state index in [0.29, 0.717) is 5.56 Å². The second-order valence-corrected chi connectivity index (χ2v) is 9.25. The van der Waals surface area contributed by atoms with Crippen LogP contribution in [0.2, 0.25) is 0 Å². The summed E-state index contributed by atoms with van der Waals surface area (Å²) in [6.07, 6.45) is 0.0875. The van der Waals surface area contributed by atoms with Gasteiger partial charge in [0.2, 0.25) is 11.8 Å². The first-order valence-corrected chi connectivity index (χ1v) is 11.5. The fraction of sp³-hybridized carbons (Fsp3) is 0.407. The molecule has 0 bridgehead atoms. The van der Waals surface area contributed by atoms with E-state index < -0.39 is 29.5 Å². The molecule has 8 nitrogen and oxygen atoms in total. The van der Waals surface area contributed by atoms with Crippen LogP contribution in [0.1, 0.15) is 68.1 Å². The molecule has 2 N–H and O–H groups in total. The average molecular weight is 483 g/mol. The zero-order valence-corrected chi connectivity index (χ0v) is 20.9. The van der Waals surface area contributed by atoms with Crippen LogP contribution in [0.5, 0.6) is 0 Å². The number of methoxy groups -OCH3 is 1. The van der Waals surface area contributed by atoms with E-state index in [1.165, 1.54) is 7.11 Å². The lowest BCUT2D eigenvalue weighted by molar-refractivity contribution is -0.145. The summed E-state index contributed by atoms with van der Waals surface area (Å²) >= 11 is 0. The maximum Gasteiger partial charge on any atom is 0.338 e. The van der Waals surface area contributed by atoms with Gasteiger partial charge in [0.25, 0.3) is 0 Å². The van der Waals surface area contributed by atoms with Gasteiger partial charge in [-0.05, 0) is 51.0 Å². The van der Waals surface area contributed by atoms with E-state index in [2.05, 4.69) is 10.6 Å². The predicted molar refractivity (Wildman–Crippen MR) is 131 cm³/mol. The Morgan fingerprint density at radius 2 is 1.43 bits per heavy atom. The van der Waals surface area contributed by atoms with E-state index in [4.69, 9.17) is 9.47 Å². The molecule has 35 heavy (non-hydrogen) atoms. The maximum absolute atomic E-state index is 12.4. The molecule has 0 fully saturated rings. The Hall–Kier alpha value is -3.68. The number of hydrogen-bond acceptors (Lipinski definition) is 6. The smallest absolute Gasteiger partial charge is 0.338 e. The predicted octanol–water partition coefficient (Wildman–Crippen LogP) is 3.50. The van der Waals surface area contributed by atoms with Crippen molar-refractivity contribution in [2.75, 3.05) is 7.11 Å². The lowest BCUT2D eigenvalue weighted by atomic mass is 10.0. The van der Waals surface area contributed by atoms with Crippen LogP contribution in [-0.2, 0) is 30.3 Å². The molecule has 0 aliphatic rings.